The van der Waals surface area contributed by atoms with Crippen LogP contribution in [0.25, 0.3) is 22.2 Å². The van der Waals surface area contributed by atoms with E-state index >= 15 is 4.39 Å². The second kappa shape index (κ2) is 10.9. The molecule has 40 heavy (non-hydrogen) atoms. The summed E-state index contributed by atoms with van der Waals surface area (Å²) in [5.41, 5.74) is 1.64. The molecule has 0 aliphatic carbocycles. The van der Waals surface area contributed by atoms with Gasteiger partial charge in [-0.05, 0) is 43.7 Å². The van der Waals surface area contributed by atoms with Crippen LogP contribution in [-0.4, -0.2) is 27.6 Å². The van der Waals surface area contributed by atoms with Gasteiger partial charge in [0.25, 0.3) is 5.91 Å². The Labute approximate surface area is 227 Å². The normalized spacial score (nSPS) is 10.9. The lowest BCUT2D eigenvalue weighted by molar-refractivity contribution is 0.102. The molecule has 3 aromatic heterocycles. The number of nitrogens with one attached hydrogen (secondary N) is 1. The molecule has 1 amide bonds. The summed E-state index contributed by atoms with van der Waals surface area (Å²) in [6.07, 6.45) is 4.66. The van der Waals surface area contributed by atoms with Gasteiger partial charge in [0, 0.05) is 54.1 Å². The number of hydrogen-bond donors (Lipinski definition) is 1. The summed E-state index contributed by atoms with van der Waals surface area (Å²) in [7, 11) is 1.52. The molecule has 0 unspecified atom stereocenters. The number of aromatic nitrogens is 3. The molecule has 0 atom stereocenters. The van der Waals surface area contributed by atoms with Gasteiger partial charge in [0.2, 0.25) is 5.43 Å². The Morgan fingerprint density at radius 1 is 1.02 bits per heavy atom. The lowest BCUT2D eigenvalue weighted by Gasteiger charge is -2.16. The molecule has 10 heteroatoms. The van der Waals surface area contributed by atoms with E-state index in [9.17, 15) is 14.0 Å². The van der Waals surface area contributed by atoms with E-state index < -0.39 is 23.0 Å². The van der Waals surface area contributed by atoms with Crippen LogP contribution in [0.3, 0.4) is 0 Å². The minimum atomic E-state index is -0.737. The second-order valence-corrected chi connectivity index (χ2v) is 8.88. The van der Waals surface area contributed by atoms with Gasteiger partial charge >= 0.3 is 0 Å². The highest BCUT2D eigenvalue weighted by molar-refractivity contribution is 6.05. The van der Waals surface area contributed by atoms with Gasteiger partial charge < -0.3 is 19.4 Å². The second-order valence-electron chi connectivity index (χ2n) is 8.88. The highest BCUT2D eigenvalue weighted by Gasteiger charge is 2.21. The number of hydrogen-bond acceptors (Lipinski definition) is 6. The molecule has 0 aliphatic heterocycles. The number of carbonyl (C=O) groups excluding carboxylic acids is 1. The number of halogens is 2. The number of aryl methyl sites for hydroxylation is 1. The smallest absolute Gasteiger partial charge is 0.261 e. The largest absolute Gasteiger partial charge is 0.495 e. The quantitative estimate of drug-likeness (QED) is 0.266. The Morgan fingerprint density at radius 2 is 1.80 bits per heavy atom. The number of pyridine rings is 3. The van der Waals surface area contributed by atoms with E-state index in [1.807, 2.05) is 6.92 Å². The Morgan fingerprint density at radius 3 is 2.50 bits per heavy atom. The van der Waals surface area contributed by atoms with Crippen molar-refractivity contribution in [2.24, 2.45) is 0 Å². The fraction of sp³-hybridized carbons (Fsp3) is 0.133. The van der Waals surface area contributed by atoms with Gasteiger partial charge in [0.15, 0.2) is 17.3 Å². The van der Waals surface area contributed by atoms with E-state index in [-0.39, 0.29) is 28.3 Å². The fourth-order valence-corrected chi connectivity index (χ4v) is 4.34. The third-order valence-electron chi connectivity index (χ3n) is 6.43. The van der Waals surface area contributed by atoms with Crippen molar-refractivity contribution in [1.82, 2.24) is 14.5 Å². The summed E-state index contributed by atoms with van der Waals surface area (Å²) < 4.78 is 41.2. The first-order valence-corrected chi connectivity index (χ1v) is 12.4. The molecule has 5 rings (SSSR count). The zero-order chi connectivity index (χ0) is 28.4. The van der Waals surface area contributed by atoms with Crippen LogP contribution in [0.5, 0.6) is 17.2 Å². The molecular weight excluding hydrogens is 518 g/mol. The summed E-state index contributed by atoms with van der Waals surface area (Å²) >= 11 is 0. The van der Waals surface area contributed by atoms with Crippen LogP contribution in [-0.2, 0) is 6.54 Å². The maximum atomic E-state index is 15.1. The number of benzene rings is 2. The highest BCUT2D eigenvalue weighted by Crippen LogP contribution is 2.31. The van der Waals surface area contributed by atoms with E-state index in [0.29, 0.717) is 34.6 Å². The molecule has 0 bridgehead atoms. The summed E-state index contributed by atoms with van der Waals surface area (Å²) in [4.78, 5) is 35.2. The molecule has 0 saturated carbocycles. The summed E-state index contributed by atoms with van der Waals surface area (Å²) in [5.74, 6) is -1.15. The third-order valence-corrected chi connectivity index (χ3v) is 6.43. The number of rotatable bonds is 7. The average Bonchev–Trinajstić information content (AvgIpc) is 2.95. The number of nitrogens with zero attached hydrogens (tertiary/aromatic N) is 3. The zero-order valence-electron chi connectivity index (χ0n) is 21.9. The first kappa shape index (κ1) is 26.5. The number of carbonyl (C=O) groups is 1. The van der Waals surface area contributed by atoms with Gasteiger partial charge in [-0.1, -0.05) is 12.1 Å². The molecule has 0 radical (unpaired) electrons. The maximum absolute atomic E-state index is 15.1. The van der Waals surface area contributed by atoms with Crippen molar-refractivity contribution in [2.75, 3.05) is 12.4 Å². The Kier molecular flexibility index (Phi) is 7.24. The molecule has 2 aromatic carbocycles. The topological polar surface area (TPSA) is 95.3 Å². The predicted octanol–water partition coefficient (Wildman–Crippen LogP) is 6.12. The third kappa shape index (κ3) is 5.11. The van der Waals surface area contributed by atoms with Crippen molar-refractivity contribution in [3.63, 3.8) is 0 Å². The Bertz CT molecular complexity index is 1800. The van der Waals surface area contributed by atoms with Crippen molar-refractivity contribution >= 4 is 22.6 Å². The van der Waals surface area contributed by atoms with Crippen LogP contribution in [0.4, 0.5) is 14.5 Å². The van der Waals surface area contributed by atoms with Crippen molar-refractivity contribution in [1.29, 1.82) is 0 Å². The van der Waals surface area contributed by atoms with Crippen molar-refractivity contribution in [2.45, 2.75) is 20.4 Å². The molecular formula is C30H24F2N4O4. The minimum Gasteiger partial charge on any atom is -0.495 e. The number of methoxy groups -OCH3 is 1. The molecule has 0 aliphatic rings. The van der Waals surface area contributed by atoms with Gasteiger partial charge in [-0.25, -0.2) is 13.8 Å². The fourth-order valence-electron chi connectivity index (χ4n) is 4.34. The SMILES string of the molecule is CCn1cc(-c2ccc(F)cc2)c(=O)c(C(=O)Nc2ccc(Oc3ccnc4cc(OC)cnc34)c(F)c2)c1C. The van der Waals surface area contributed by atoms with Crippen LogP contribution in [0.1, 0.15) is 23.0 Å². The first-order chi connectivity index (χ1) is 19.3. The lowest BCUT2D eigenvalue weighted by Crippen LogP contribution is -2.27. The predicted molar refractivity (Wildman–Crippen MR) is 147 cm³/mol. The van der Waals surface area contributed by atoms with Crippen LogP contribution in [0, 0.1) is 18.6 Å². The van der Waals surface area contributed by atoms with Crippen molar-refractivity contribution in [3.8, 4) is 28.4 Å². The molecule has 5 aromatic rings. The maximum Gasteiger partial charge on any atom is 0.261 e. The molecule has 202 valence electrons. The molecule has 0 saturated heterocycles. The van der Waals surface area contributed by atoms with Crippen LogP contribution >= 0.6 is 0 Å². The van der Waals surface area contributed by atoms with Gasteiger partial charge in [-0.3, -0.25) is 14.6 Å². The van der Waals surface area contributed by atoms with Crippen molar-refractivity contribution < 1.29 is 23.0 Å². The summed E-state index contributed by atoms with van der Waals surface area (Å²) in [6.45, 7) is 4.03. The molecule has 3 heterocycles. The number of fused-ring (bicyclic) bond motifs is 1. The average molecular weight is 543 g/mol. The van der Waals surface area contributed by atoms with Gasteiger partial charge in [0.05, 0.1) is 18.8 Å². The van der Waals surface area contributed by atoms with Crippen LogP contribution in [0.15, 0.2) is 78.0 Å². The van der Waals surface area contributed by atoms with Gasteiger partial charge in [0.1, 0.15) is 22.6 Å². The lowest BCUT2D eigenvalue weighted by atomic mass is 10.0. The van der Waals surface area contributed by atoms with Crippen LogP contribution < -0.4 is 20.2 Å². The van der Waals surface area contributed by atoms with E-state index in [0.717, 1.165) is 6.07 Å². The number of ether oxygens (including phenoxy) is 2. The minimum absolute atomic E-state index is 0.0887. The van der Waals surface area contributed by atoms with Gasteiger partial charge in [-0.2, -0.15) is 0 Å². The molecule has 1 N–H and O–H groups in total. The van der Waals surface area contributed by atoms with E-state index in [1.54, 1.807) is 29.8 Å². The van der Waals surface area contributed by atoms with E-state index in [2.05, 4.69) is 15.3 Å². The van der Waals surface area contributed by atoms with Crippen LogP contribution in [0.2, 0.25) is 0 Å². The zero-order valence-corrected chi connectivity index (χ0v) is 21.9. The summed E-state index contributed by atoms with van der Waals surface area (Å²) in [6, 6.07) is 12.6. The number of anilines is 1. The molecule has 8 nitrogen and oxygen atoms in total. The molecule has 0 spiro atoms. The standard InChI is InChI=1S/C30H24F2N4O4/c1-4-36-16-22(18-5-7-19(31)8-6-18)29(37)27(17(36)2)30(38)35-20-9-10-25(23(32)13-20)40-26-11-12-33-24-14-21(39-3)15-34-28(24)26/h5-16H,4H2,1-3H3,(H,35,38). The van der Waals surface area contributed by atoms with Gasteiger partial charge in [-0.15, -0.1) is 0 Å². The Balaban J connectivity index is 1.43. The Hall–Kier alpha value is -5.12. The molecule has 0 fully saturated rings. The monoisotopic (exact) mass is 542 g/mol. The van der Waals surface area contributed by atoms with E-state index in [4.69, 9.17) is 9.47 Å². The van der Waals surface area contributed by atoms with Crippen molar-refractivity contribution in [3.05, 3.63) is 106 Å². The highest BCUT2D eigenvalue weighted by atomic mass is 19.1. The number of amides is 1. The van der Waals surface area contributed by atoms with E-state index in [1.165, 1.54) is 55.9 Å². The first-order valence-electron chi connectivity index (χ1n) is 12.4. The summed E-state index contributed by atoms with van der Waals surface area (Å²) in [5, 5.41) is 2.61.